The smallest absolute Gasteiger partial charge is 0.267 e. The third kappa shape index (κ3) is 6.11. The zero-order chi connectivity index (χ0) is 23.9. The molecular formula is C26H26FN5O2. The van der Waals surface area contributed by atoms with Gasteiger partial charge in [-0.1, -0.05) is 18.2 Å². The van der Waals surface area contributed by atoms with Crippen LogP contribution in [0, 0.1) is 5.82 Å². The molecule has 0 amide bonds. The molecule has 0 saturated carbocycles. The molecule has 0 aliphatic heterocycles. The Hall–Kier alpha value is -3.91. The van der Waals surface area contributed by atoms with Crippen molar-refractivity contribution in [2.24, 2.45) is 0 Å². The summed E-state index contributed by atoms with van der Waals surface area (Å²) in [7, 11) is 4.06. The van der Waals surface area contributed by atoms with E-state index in [9.17, 15) is 9.18 Å². The summed E-state index contributed by atoms with van der Waals surface area (Å²) in [5, 5.41) is 4.46. The van der Waals surface area contributed by atoms with Crippen LogP contribution in [0.4, 0.5) is 4.39 Å². The second-order valence-electron chi connectivity index (χ2n) is 8.17. The molecular weight excluding hydrogens is 433 g/mol. The van der Waals surface area contributed by atoms with Crippen LogP contribution in [0.3, 0.4) is 0 Å². The number of hydrogen-bond acceptors (Lipinski definition) is 6. The molecule has 174 valence electrons. The zero-order valence-electron chi connectivity index (χ0n) is 19.2. The van der Waals surface area contributed by atoms with Crippen LogP contribution in [-0.2, 0) is 6.54 Å². The number of rotatable bonds is 9. The Bertz CT molecular complexity index is 1290. The van der Waals surface area contributed by atoms with Gasteiger partial charge >= 0.3 is 0 Å². The van der Waals surface area contributed by atoms with E-state index in [1.807, 2.05) is 38.4 Å². The van der Waals surface area contributed by atoms with Crippen LogP contribution >= 0.6 is 0 Å². The summed E-state index contributed by atoms with van der Waals surface area (Å²) in [6, 6.07) is 16.8. The molecule has 0 atom stereocenters. The summed E-state index contributed by atoms with van der Waals surface area (Å²) in [6.45, 7) is 1.85. The van der Waals surface area contributed by atoms with Gasteiger partial charge in [0.2, 0.25) is 0 Å². The molecule has 7 nitrogen and oxygen atoms in total. The first-order valence-corrected chi connectivity index (χ1v) is 11.0. The van der Waals surface area contributed by atoms with Crippen molar-refractivity contribution in [1.82, 2.24) is 24.6 Å². The minimum atomic E-state index is -0.319. The molecule has 4 aromatic rings. The second-order valence-corrected chi connectivity index (χ2v) is 8.17. The number of benzene rings is 2. The highest BCUT2D eigenvalue weighted by molar-refractivity contribution is 5.58. The molecule has 4 rings (SSSR count). The summed E-state index contributed by atoms with van der Waals surface area (Å²) < 4.78 is 20.3. The average molecular weight is 460 g/mol. The lowest BCUT2D eigenvalue weighted by Crippen LogP contribution is -2.22. The summed E-state index contributed by atoms with van der Waals surface area (Å²) in [5.74, 6) is 0.884. The van der Waals surface area contributed by atoms with Gasteiger partial charge in [-0.2, -0.15) is 5.10 Å². The minimum absolute atomic E-state index is 0.219. The molecule has 2 aromatic heterocycles. The number of ether oxygens (including phenoxy) is 1. The van der Waals surface area contributed by atoms with Gasteiger partial charge in [-0.05, 0) is 62.5 Å². The Kier molecular flexibility index (Phi) is 7.39. The zero-order valence-corrected chi connectivity index (χ0v) is 19.2. The molecule has 0 unspecified atom stereocenters. The van der Waals surface area contributed by atoms with Gasteiger partial charge < -0.3 is 9.64 Å². The van der Waals surface area contributed by atoms with E-state index in [0.717, 1.165) is 29.7 Å². The maximum atomic E-state index is 13.2. The molecule has 0 N–H and O–H groups in total. The molecule has 2 heterocycles. The van der Waals surface area contributed by atoms with Gasteiger partial charge in [0.15, 0.2) is 11.6 Å². The summed E-state index contributed by atoms with van der Waals surface area (Å²) in [5.41, 5.74) is 2.83. The third-order valence-electron chi connectivity index (χ3n) is 5.17. The number of aromatic nitrogens is 4. The van der Waals surface area contributed by atoms with Crippen LogP contribution in [0.25, 0.3) is 22.6 Å². The fourth-order valence-electron chi connectivity index (χ4n) is 3.43. The minimum Gasteiger partial charge on any atom is -0.490 e. The highest BCUT2D eigenvalue weighted by atomic mass is 19.1. The topological polar surface area (TPSA) is 73.1 Å². The fraction of sp³-hybridized carbons (Fsp3) is 0.231. The lowest BCUT2D eigenvalue weighted by Gasteiger charge is -2.10. The maximum Gasteiger partial charge on any atom is 0.267 e. The molecule has 0 fully saturated rings. The van der Waals surface area contributed by atoms with Crippen molar-refractivity contribution < 1.29 is 9.13 Å². The van der Waals surface area contributed by atoms with Gasteiger partial charge in [0.1, 0.15) is 5.82 Å². The average Bonchev–Trinajstić information content (AvgIpc) is 2.84. The van der Waals surface area contributed by atoms with E-state index in [1.165, 1.54) is 22.9 Å². The van der Waals surface area contributed by atoms with Crippen LogP contribution in [0.1, 0.15) is 12.0 Å². The number of nitrogens with zero attached hydrogens (tertiary/aromatic N) is 5. The summed E-state index contributed by atoms with van der Waals surface area (Å²) in [4.78, 5) is 23.4. The van der Waals surface area contributed by atoms with Crippen molar-refractivity contribution in [3.8, 4) is 28.4 Å². The molecule has 2 aromatic carbocycles. The predicted octanol–water partition coefficient (Wildman–Crippen LogP) is 3.89. The van der Waals surface area contributed by atoms with Gasteiger partial charge in [0.25, 0.3) is 5.56 Å². The molecule has 0 radical (unpaired) electrons. The van der Waals surface area contributed by atoms with Crippen molar-refractivity contribution in [2.75, 3.05) is 27.2 Å². The van der Waals surface area contributed by atoms with E-state index in [1.54, 1.807) is 30.6 Å². The Morgan fingerprint density at radius 2 is 1.74 bits per heavy atom. The molecule has 0 saturated heterocycles. The lowest BCUT2D eigenvalue weighted by molar-refractivity contribution is 0.280. The van der Waals surface area contributed by atoms with Gasteiger partial charge in [-0.25, -0.2) is 19.0 Å². The van der Waals surface area contributed by atoms with E-state index >= 15 is 0 Å². The first kappa shape index (κ1) is 23.3. The van der Waals surface area contributed by atoms with Crippen molar-refractivity contribution in [1.29, 1.82) is 0 Å². The first-order valence-electron chi connectivity index (χ1n) is 11.0. The summed E-state index contributed by atoms with van der Waals surface area (Å²) >= 11 is 0. The van der Waals surface area contributed by atoms with Crippen molar-refractivity contribution in [3.05, 3.63) is 94.8 Å². The molecule has 0 bridgehead atoms. The molecule has 0 aliphatic rings. The van der Waals surface area contributed by atoms with Crippen LogP contribution in [0.5, 0.6) is 5.75 Å². The Labute approximate surface area is 197 Å². The van der Waals surface area contributed by atoms with E-state index in [2.05, 4.69) is 20.0 Å². The molecule has 34 heavy (non-hydrogen) atoms. The summed E-state index contributed by atoms with van der Waals surface area (Å²) in [6.07, 6.45) is 4.26. The highest BCUT2D eigenvalue weighted by Crippen LogP contribution is 2.19. The SMILES string of the molecule is CN(C)CCCOc1cnc(-c2cccc(Cn3nc(-c4ccc(F)cc4)ccc3=O)c2)nc1. The van der Waals surface area contributed by atoms with Gasteiger partial charge in [0.05, 0.1) is 31.2 Å². The second kappa shape index (κ2) is 10.8. The maximum absolute atomic E-state index is 13.2. The Morgan fingerprint density at radius 1 is 0.971 bits per heavy atom. The van der Waals surface area contributed by atoms with Crippen LogP contribution in [-0.4, -0.2) is 51.9 Å². The third-order valence-corrected chi connectivity index (χ3v) is 5.17. The van der Waals surface area contributed by atoms with Crippen molar-refractivity contribution >= 4 is 0 Å². The Morgan fingerprint density at radius 3 is 2.47 bits per heavy atom. The first-order chi connectivity index (χ1) is 16.5. The standard InChI is InChI=1S/C26H26FN5O2/c1-31(2)13-4-14-34-23-16-28-26(29-17-23)21-6-3-5-19(15-21)18-32-25(33)12-11-24(30-32)20-7-9-22(27)10-8-20/h3,5-12,15-17H,4,13-14,18H2,1-2H3. The molecule has 0 aliphatic carbocycles. The van der Waals surface area contributed by atoms with E-state index in [0.29, 0.717) is 23.9 Å². The quantitative estimate of drug-likeness (QED) is 0.354. The fourth-order valence-corrected chi connectivity index (χ4v) is 3.43. The van der Waals surface area contributed by atoms with E-state index in [-0.39, 0.29) is 17.9 Å². The molecule has 0 spiro atoms. The van der Waals surface area contributed by atoms with Gasteiger partial charge in [0, 0.05) is 23.7 Å². The van der Waals surface area contributed by atoms with Crippen molar-refractivity contribution in [3.63, 3.8) is 0 Å². The number of hydrogen-bond donors (Lipinski definition) is 0. The number of halogens is 1. The monoisotopic (exact) mass is 459 g/mol. The Balaban J connectivity index is 1.47. The van der Waals surface area contributed by atoms with Gasteiger partial charge in [-0.15, -0.1) is 0 Å². The molecule has 8 heteroatoms. The van der Waals surface area contributed by atoms with Crippen molar-refractivity contribution in [2.45, 2.75) is 13.0 Å². The largest absolute Gasteiger partial charge is 0.490 e. The van der Waals surface area contributed by atoms with Crippen LogP contribution in [0.15, 0.2) is 77.9 Å². The van der Waals surface area contributed by atoms with E-state index in [4.69, 9.17) is 4.74 Å². The lowest BCUT2D eigenvalue weighted by atomic mass is 10.1. The normalized spacial score (nSPS) is 11.1. The van der Waals surface area contributed by atoms with Gasteiger partial charge in [-0.3, -0.25) is 4.79 Å². The van der Waals surface area contributed by atoms with Crippen LogP contribution < -0.4 is 10.3 Å². The predicted molar refractivity (Wildman–Crippen MR) is 129 cm³/mol. The highest BCUT2D eigenvalue weighted by Gasteiger charge is 2.08. The van der Waals surface area contributed by atoms with Crippen LogP contribution in [0.2, 0.25) is 0 Å². The van der Waals surface area contributed by atoms with E-state index < -0.39 is 0 Å².